The summed E-state index contributed by atoms with van der Waals surface area (Å²) in [4.78, 5) is 0. The van der Waals surface area contributed by atoms with Gasteiger partial charge in [0, 0.05) is 12.0 Å². The number of rotatable bonds is 1. The molecule has 0 amide bonds. The van der Waals surface area contributed by atoms with E-state index in [0.717, 1.165) is 12.5 Å². The fourth-order valence-corrected chi connectivity index (χ4v) is 2.76. The molecule has 1 aliphatic carbocycles. The summed E-state index contributed by atoms with van der Waals surface area (Å²) in [5.41, 5.74) is -0.0141. The molecule has 1 heterocycles. The minimum atomic E-state index is -0.0141. The molecule has 0 aromatic rings. The van der Waals surface area contributed by atoms with Gasteiger partial charge in [0.05, 0.1) is 6.61 Å². The van der Waals surface area contributed by atoms with E-state index in [-0.39, 0.29) is 18.1 Å². The highest BCUT2D eigenvalue weighted by Crippen LogP contribution is 2.35. The van der Waals surface area contributed by atoms with Crippen LogP contribution in [0.25, 0.3) is 0 Å². The van der Waals surface area contributed by atoms with Crippen LogP contribution in [0.3, 0.4) is 0 Å². The number of halogens is 1. The first-order chi connectivity index (χ1) is 6.21. The lowest BCUT2D eigenvalue weighted by atomic mass is 9.82. The van der Waals surface area contributed by atoms with E-state index >= 15 is 0 Å². The minimum absolute atomic E-state index is 0. The van der Waals surface area contributed by atoms with Gasteiger partial charge in [-0.25, -0.2) is 0 Å². The zero-order chi connectivity index (χ0) is 9.31. The molecule has 2 nitrogen and oxygen atoms in total. The van der Waals surface area contributed by atoms with E-state index < -0.39 is 0 Å². The minimum Gasteiger partial charge on any atom is -0.359 e. The fourth-order valence-electron chi connectivity index (χ4n) is 2.76. The molecule has 3 heteroatoms. The molecule has 2 fully saturated rings. The molecule has 0 aromatic carbocycles. The molecule has 1 saturated heterocycles. The van der Waals surface area contributed by atoms with Crippen molar-refractivity contribution in [2.75, 3.05) is 6.61 Å². The molecule has 1 N–H and O–H groups in total. The van der Waals surface area contributed by atoms with Gasteiger partial charge in [-0.05, 0) is 26.7 Å². The van der Waals surface area contributed by atoms with Gasteiger partial charge >= 0.3 is 0 Å². The van der Waals surface area contributed by atoms with Crippen LogP contribution in [0.1, 0.15) is 46.0 Å². The predicted octanol–water partition coefficient (Wildman–Crippen LogP) is 2.71. The van der Waals surface area contributed by atoms with Crippen LogP contribution in [0.5, 0.6) is 0 Å². The van der Waals surface area contributed by atoms with Gasteiger partial charge < -0.3 is 4.74 Å². The summed E-state index contributed by atoms with van der Waals surface area (Å²) in [5.74, 6) is 0.742. The lowest BCUT2D eigenvalue weighted by molar-refractivity contribution is -0.0545. The topological polar surface area (TPSA) is 21.3 Å². The summed E-state index contributed by atoms with van der Waals surface area (Å²) < 4.78 is 5.88. The van der Waals surface area contributed by atoms with E-state index in [0.29, 0.717) is 6.04 Å². The average Bonchev–Trinajstić information content (AvgIpc) is 2.49. The normalized spacial score (nSPS) is 39.4. The van der Waals surface area contributed by atoms with E-state index in [9.17, 15) is 0 Å². The Bertz CT molecular complexity index is 182. The van der Waals surface area contributed by atoms with Crippen LogP contribution in [0, 0.1) is 5.92 Å². The first-order valence-corrected chi connectivity index (χ1v) is 5.62. The van der Waals surface area contributed by atoms with Crippen molar-refractivity contribution in [3.63, 3.8) is 0 Å². The highest BCUT2D eigenvalue weighted by molar-refractivity contribution is 5.85. The van der Waals surface area contributed by atoms with Gasteiger partial charge in [0.2, 0.25) is 0 Å². The molecule has 14 heavy (non-hydrogen) atoms. The van der Waals surface area contributed by atoms with Gasteiger partial charge in [-0.15, -0.1) is 12.4 Å². The molecule has 0 bridgehead atoms. The van der Waals surface area contributed by atoms with Crippen molar-refractivity contribution >= 4 is 12.4 Å². The van der Waals surface area contributed by atoms with Crippen molar-refractivity contribution in [3.8, 4) is 0 Å². The molecular formula is C11H22ClNO. The van der Waals surface area contributed by atoms with Gasteiger partial charge in [0.25, 0.3) is 0 Å². The van der Waals surface area contributed by atoms with Crippen molar-refractivity contribution < 1.29 is 4.74 Å². The second-order valence-electron chi connectivity index (χ2n) is 4.80. The zero-order valence-electron chi connectivity index (χ0n) is 9.21. The number of hydrogen-bond donors (Lipinski definition) is 1. The van der Waals surface area contributed by atoms with E-state index in [2.05, 4.69) is 19.2 Å². The Morgan fingerprint density at radius 3 is 2.36 bits per heavy atom. The van der Waals surface area contributed by atoms with Crippen molar-refractivity contribution in [1.29, 1.82) is 0 Å². The number of ether oxygens (including phenoxy) is 1. The Hall–Kier alpha value is 0.210. The number of nitrogens with one attached hydrogen (secondary N) is 1. The molecule has 0 radical (unpaired) electrons. The summed E-state index contributed by atoms with van der Waals surface area (Å²) >= 11 is 0. The fraction of sp³-hybridized carbons (Fsp3) is 1.00. The van der Waals surface area contributed by atoms with E-state index in [1.807, 2.05) is 0 Å². The summed E-state index contributed by atoms with van der Waals surface area (Å²) in [6.45, 7) is 5.31. The Morgan fingerprint density at radius 1 is 1.21 bits per heavy atom. The van der Waals surface area contributed by atoms with Crippen LogP contribution in [0.15, 0.2) is 0 Å². The molecule has 2 aliphatic rings. The molecule has 84 valence electrons. The van der Waals surface area contributed by atoms with Crippen molar-refractivity contribution in [1.82, 2.24) is 5.32 Å². The highest BCUT2D eigenvalue weighted by atomic mass is 35.5. The van der Waals surface area contributed by atoms with Crippen LogP contribution < -0.4 is 5.32 Å². The third-order valence-corrected chi connectivity index (χ3v) is 3.55. The molecule has 1 saturated carbocycles. The van der Waals surface area contributed by atoms with Gasteiger partial charge in [-0.2, -0.15) is 0 Å². The molecule has 2 atom stereocenters. The second kappa shape index (κ2) is 4.82. The quantitative estimate of drug-likeness (QED) is 0.733. The molecule has 2 unspecified atom stereocenters. The summed E-state index contributed by atoms with van der Waals surface area (Å²) in [6, 6.07) is 0.534. The Morgan fingerprint density at radius 2 is 1.86 bits per heavy atom. The molecule has 2 rings (SSSR count). The monoisotopic (exact) mass is 219 g/mol. The smallest absolute Gasteiger partial charge is 0.119 e. The summed E-state index contributed by atoms with van der Waals surface area (Å²) in [5, 5.41) is 3.58. The van der Waals surface area contributed by atoms with Crippen LogP contribution >= 0.6 is 12.4 Å². The SMILES string of the molecule is CC1COC(C)(C2CCCCC2)N1.Cl. The first-order valence-electron chi connectivity index (χ1n) is 5.62. The first kappa shape index (κ1) is 12.3. The van der Waals surface area contributed by atoms with E-state index in [4.69, 9.17) is 4.74 Å². The maximum Gasteiger partial charge on any atom is 0.119 e. The predicted molar refractivity (Wildman–Crippen MR) is 60.8 cm³/mol. The lowest BCUT2D eigenvalue weighted by Gasteiger charge is -2.36. The van der Waals surface area contributed by atoms with Gasteiger partial charge in [0.1, 0.15) is 5.72 Å². The van der Waals surface area contributed by atoms with Crippen LogP contribution in [-0.4, -0.2) is 18.4 Å². The Balaban J connectivity index is 0.000000980. The number of hydrogen-bond acceptors (Lipinski definition) is 2. The second-order valence-corrected chi connectivity index (χ2v) is 4.80. The van der Waals surface area contributed by atoms with Crippen molar-refractivity contribution in [2.24, 2.45) is 5.92 Å². The Labute approximate surface area is 93.2 Å². The van der Waals surface area contributed by atoms with E-state index in [1.165, 1.54) is 32.1 Å². The van der Waals surface area contributed by atoms with Gasteiger partial charge in [0.15, 0.2) is 0 Å². The van der Waals surface area contributed by atoms with Crippen molar-refractivity contribution in [2.45, 2.75) is 57.7 Å². The summed E-state index contributed by atoms with van der Waals surface area (Å²) in [6.07, 6.45) is 6.88. The highest BCUT2D eigenvalue weighted by Gasteiger charge is 2.40. The Kier molecular flexibility index (Phi) is 4.23. The molecule has 1 aliphatic heterocycles. The average molecular weight is 220 g/mol. The molecule has 0 spiro atoms. The van der Waals surface area contributed by atoms with Crippen LogP contribution in [0.2, 0.25) is 0 Å². The van der Waals surface area contributed by atoms with Crippen molar-refractivity contribution in [3.05, 3.63) is 0 Å². The molecule has 0 aromatic heterocycles. The third kappa shape index (κ3) is 2.41. The third-order valence-electron chi connectivity index (χ3n) is 3.55. The van der Waals surface area contributed by atoms with Crippen LogP contribution in [0.4, 0.5) is 0 Å². The standard InChI is InChI=1S/C11H21NO.ClH/c1-9-8-13-11(2,12-9)10-6-4-3-5-7-10;/h9-10,12H,3-8H2,1-2H3;1H. The largest absolute Gasteiger partial charge is 0.359 e. The van der Waals surface area contributed by atoms with Gasteiger partial charge in [-0.3, -0.25) is 5.32 Å². The lowest BCUT2D eigenvalue weighted by Crippen LogP contribution is -2.47. The maximum atomic E-state index is 5.88. The zero-order valence-corrected chi connectivity index (χ0v) is 10.0. The molecular weight excluding hydrogens is 198 g/mol. The van der Waals surface area contributed by atoms with E-state index in [1.54, 1.807) is 0 Å². The van der Waals surface area contributed by atoms with Gasteiger partial charge in [-0.1, -0.05) is 19.3 Å². The maximum absolute atomic E-state index is 5.88. The summed E-state index contributed by atoms with van der Waals surface area (Å²) in [7, 11) is 0. The van der Waals surface area contributed by atoms with Crippen LogP contribution in [-0.2, 0) is 4.74 Å².